The molecule has 2 rings (SSSR count). The molecule has 0 aliphatic carbocycles. The van der Waals surface area contributed by atoms with Gasteiger partial charge in [0.15, 0.2) is 0 Å². The summed E-state index contributed by atoms with van der Waals surface area (Å²) >= 11 is 0. The molecule has 1 aromatic rings. The first-order chi connectivity index (χ1) is 11.3. The highest BCUT2D eigenvalue weighted by atomic mass is 19.1. The van der Waals surface area contributed by atoms with Crippen LogP contribution in [-0.2, 0) is 9.59 Å². The molecule has 5 nitrogen and oxygen atoms in total. The van der Waals surface area contributed by atoms with E-state index in [4.69, 9.17) is 0 Å². The third-order valence-electron chi connectivity index (χ3n) is 4.37. The zero-order valence-corrected chi connectivity index (χ0v) is 14.3. The maximum Gasteiger partial charge on any atom is 0.225 e. The number of nitrogens with zero attached hydrogens (tertiary/aromatic N) is 1. The number of benzene rings is 1. The summed E-state index contributed by atoms with van der Waals surface area (Å²) in [6, 6.07) is 5.50. The second-order valence-electron chi connectivity index (χ2n) is 6.75. The van der Waals surface area contributed by atoms with Crippen LogP contribution in [0.1, 0.15) is 45.3 Å². The lowest BCUT2D eigenvalue weighted by molar-refractivity contribution is -0.130. The summed E-state index contributed by atoms with van der Waals surface area (Å²) < 4.78 is 12.9. The minimum Gasteiger partial charge on any atom is -0.388 e. The van der Waals surface area contributed by atoms with E-state index in [-0.39, 0.29) is 42.1 Å². The van der Waals surface area contributed by atoms with Crippen LogP contribution in [-0.4, -0.2) is 40.4 Å². The molecule has 0 radical (unpaired) electrons. The van der Waals surface area contributed by atoms with Gasteiger partial charge in [-0.05, 0) is 44.9 Å². The summed E-state index contributed by atoms with van der Waals surface area (Å²) in [6.07, 6.45) is -0.221. The molecule has 0 bridgehead atoms. The van der Waals surface area contributed by atoms with Crippen LogP contribution in [0.4, 0.5) is 4.39 Å². The summed E-state index contributed by atoms with van der Waals surface area (Å²) in [7, 11) is 0. The number of aliphatic hydroxyl groups excluding tert-OH is 1. The van der Waals surface area contributed by atoms with Crippen molar-refractivity contribution in [3.8, 4) is 0 Å². The first-order valence-electron chi connectivity index (χ1n) is 8.31. The second-order valence-corrected chi connectivity index (χ2v) is 6.75. The standard InChI is InChI=1S/C18H25FN2O3/c1-11(2)21-10-14(9-17(21)23)18(24)20-12(3)8-16(22)13-4-6-15(19)7-5-13/h4-7,11-12,14,16,22H,8-10H2,1-3H3,(H,20,24). The lowest BCUT2D eigenvalue weighted by Crippen LogP contribution is -2.39. The Kier molecular flexibility index (Phi) is 5.94. The molecule has 0 aromatic heterocycles. The molecule has 0 spiro atoms. The van der Waals surface area contributed by atoms with Crippen molar-refractivity contribution in [1.29, 1.82) is 0 Å². The first kappa shape index (κ1) is 18.4. The SMILES string of the molecule is CC(CC(O)c1ccc(F)cc1)NC(=O)C1CC(=O)N(C(C)C)C1. The molecule has 1 saturated heterocycles. The maximum atomic E-state index is 12.9. The van der Waals surface area contributed by atoms with E-state index in [2.05, 4.69) is 5.32 Å². The van der Waals surface area contributed by atoms with E-state index in [0.717, 1.165) is 0 Å². The smallest absolute Gasteiger partial charge is 0.225 e. The molecule has 3 unspecified atom stereocenters. The van der Waals surface area contributed by atoms with Crippen LogP contribution in [0, 0.1) is 11.7 Å². The minimum absolute atomic E-state index is 0.00384. The van der Waals surface area contributed by atoms with Gasteiger partial charge in [0.2, 0.25) is 11.8 Å². The Morgan fingerprint density at radius 2 is 1.96 bits per heavy atom. The predicted molar refractivity (Wildman–Crippen MR) is 88.5 cm³/mol. The Bertz CT molecular complexity index is 588. The van der Waals surface area contributed by atoms with Gasteiger partial charge in [0, 0.05) is 25.0 Å². The summed E-state index contributed by atoms with van der Waals surface area (Å²) in [5, 5.41) is 13.0. The molecular formula is C18H25FN2O3. The number of hydrogen-bond donors (Lipinski definition) is 2. The molecule has 1 aromatic carbocycles. The lowest BCUT2D eigenvalue weighted by Gasteiger charge is -2.22. The van der Waals surface area contributed by atoms with Gasteiger partial charge in [-0.2, -0.15) is 0 Å². The van der Waals surface area contributed by atoms with Crippen molar-refractivity contribution in [3.05, 3.63) is 35.6 Å². The van der Waals surface area contributed by atoms with Gasteiger partial charge < -0.3 is 15.3 Å². The van der Waals surface area contributed by atoms with Gasteiger partial charge in [-0.15, -0.1) is 0 Å². The van der Waals surface area contributed by atoms with Crippen LogP contribution >= 0.6 is 0 Å². The highest BCUT2D eigenvalue weighted by Gasteiger charge is 2.35. The Labute approximate surface area is 141 Å². The molecule has 1 heterocycles. The van der Waals surface area contributed by atoms with Gasteiger partial charge in [-0.25, -0.2) is 4.39 Å². The van der Waals surface area contributed by atoms with Gasteiger partial charge in [0.25, 0.3) is 0 Å². The summed E-state index contributed by atoms with van der Waals surface area (Å²) in [5.41, 5.74) is 0.611. The third kappa shape index (κ3) is 4.54. The number of hydrogen-bond acceptors (Lipinski definition) is 3. The fraction of sp³-hybridized carbons (Fsp3) is 0.556. The number of likely N-dealkylation sites (tertiary alicyclic amines) is 1. The highest BCUT2D eigenvalue weighted by Crippen LogP contribution is 2.22. The quantitative estimate of drug-likeness (QED) is 0.835. The molecule has 3 atom stereocenters. The molecule has 24 heavy (non-hydrogen) atoms. The number of amides is 2. The monoisotopic (exact) mass is 336 g/mol. The lowest BCUT2D eigenvalue weighted by atomic mass is 10.0. The molecule has 1 fully saturated rings. The topological polar surface area (TPSA) is 69.6 Å². The van der Waals surface area contributed by atoms with Crippen molar-refractivity contribution in [2.45, 2.75) is 51.8 Å². The van der Waals surface area contributed by atoms with Gasteiger partial charge in [0.1, 0.15) is 5.82 Å². The first-order valence-corrected chi connectivity index (χ1v) is 8.31. The van der Waals surface area contributed by atoms with E-state index in [9.17, 15) is 19.1 Å². The van der Waals surface area contributed by atoms with Gasteiger partial charge >= 0.3 is 0 Å². The molecule has 1 aliphatic heterocycles. The molecular weight excluding hydrogens is 311 g/mol. The number of nitrogens with one attached hydrogen (secondary N) is 1. The third-order valence-corrected chi connectivity index (χ3v) is 4.37. The Hall–Kier alpha value is -1.95. The average molecular weight is 336 g/mol. The molecule has 2 N–H and O–H groups in total. The molecule has 6 heteroatoms. The van der Waals surface area contributed by atoms with Crippen molar-refractivity contribution in [2.24, 2.45) is 5.92 Å². The van der Waals surface area contributed by atoms with Gasteiger partial charge in [0.05, 0.1) is 12.0 Å². The summed E-state index contributed by atoms with van der Waals surface area (Å²) in [4.78, 5) is 25.9. The number of halogens is 1. The zero-order valence-electron chi connectivity index (χ0n) is 14.3. The van der Waals surface area contributed by atoms with Crippen LogP contribution in [0.5, 0.6) is 0 Å². The molecule has 2 amide bonds. The highest BCUT2D eigenvalue weighted by molar-refractivity contribution is 5.89. The average Bonchev–Trinajstić information content (AvgIpc) is 2.90. The number of rotatable bonds is 6. The van der Waals surface area contributed by atoms with E-state index in [1.807, 2.05) is 20.8 Å². The Balaban J connectivity index is 1.85. The van der Waals surface area contributed by atoms with Crippen LogP contribution in [0.2, 0.25) is 0 Å². The van der Waals surface area contributed by atoms with E-state index < -0.39 is 6.10 Å². The molecule has 132 valence electrons. The number of aliphatic hydroxyl groups is 1. The Morgan fingerprint density at radius 1 is 1.33 bits per heavy atom. The normalized spacial score (nSPS) is 20.3. The maximum absolute atomic E-state index is 12.9. The van der Waals surface area contributed by atoms with E-state index in [1.165, 1.54) is 24.3 Å². The number of carbonyl (C=O) groups excluding carboxylic acids is 2. The Morgan fingerprint density at radius 3 is 2.50 bits per heavy atom. The minimum atomic E-state index is -0.779. The fourth-order valence-electron chi connectivity index (χ4n) is 2.98. The van der Waals surface area contributed by atoms with E-state index in [0.29, 0.717) is 18.5 Å². The molecule has 1 aliphatic rings. The van der Waals surface area contributed by atoms with Crippen molar-refractivity contribution in [2.75, 3.05) is 6.54 Å². The largest absolute Gasteiger partial charge is 0.388 e. The zero-order chi connectivity index (χ0) is 17.9. The van der Waals surface area contributed by atoms with Crippen molar-refractivity contribution in [3.63, 3.8) is 0 Å². The van der Waals surface area contributed by atoms with Crippen LogP contribution in [0.15, 0.2) is 24.3 Å². The molecule has 0 saturated carbocycles. The van der Waals surface area contributed by atoms with Gasteiger partial charge in [-0.3, -0.25) is 9.59 Å². The van der Waals surface area contributed by atoms with E-state index in [1.54, 1.807) is 4.90 Å². The number of carbonyl (C=O) groups is 2. The van der Waals surface area contributed by atoms with Crippen molar-refractivity contribution >= 4 is 11.8 Å². The summed E-state index contributed by atoms with van der Waals surface area (Å²) in [6.45, 7) is 6.11. The van der Waals surface area contributed by atoms with Gasteiger partial charge in [-0.1, -0.05) is 12.1 Å². The van der Waals surface area contributed by atoms with Crippen LogP contribution in [0.25, 0.3) is 0 Å². The van der Waals surface area contributed by atoms with Crippen molar-refractivity contribution in [1.82, 2.24) is 10.2 Å². The van der Waals surface area contributed by atoms with Crippen molar-refractivity contribution < 1.29 is 19.1 Å². The van der Waals surface area contributed by atoms with E-state index >= 15 is 0 Å². The van der Waals surface area contributed by atoms with Crippen LogP contribution < -0.4 is 5.32 Å². The second kappa shape index (κ2) is 7.75. The summed E-state index contributed by atoms with van der Waals surface area (Å²) in [5.74, 6) is -0.854. The fourth-order valence-corrected chi connectivity index (χ4v) is 2.98. The van der Waals surface area contributed by atoms with Crippen LogP contribution in [0.3, 0.4) is 0 Å². The predicted octanol–water partition coefficient (Wildman–Crippen LogP) is 2.01.